The maximum atomic E-state index is 2.68. The predicted molar refractivity (Wildman–Crippen MR) is 69.8 cm³/mol. The molecule has 76 valence electrons. The average Bonchev–Trinajstić information content (AvgIpc) is 2.24. The first-order valence-electron chi connectivity index (χ1n) is 5.48. The van der Waals surface area contributed by atoms with Gasteiger partial charge in [-0.3, -0.25) is 0 Å². The van der Waals surface area contributed by atoms with E-state index in [1.54, 1.807) is 0 Å². The van der Waals surface area contributed by atoms with E-state index < -0.39 is 0 Å². The third-order valence-electron chi connectivity index (χ3n) is 3.46. The van der Waals surface area contributed by atoms with E-state index in [-0.39, 0.29) is 0 Å². The summed E-state index contributed by atoms with van der Waals surface area (Å²) in [6.07, 6.45) is 5.54. The summed E-state index contributed by atoms with van der Waals surface area (Å²) in [5, 5.41) is 0. The van der Waals surface area contributed by atoms with Crippen molar-refractivity contribution in [3.05, 3.63) is 35.9 Å². The molecule has 14 heavy (non-hydrogen) atoms. The summed E-state index contributed by atoms with van der Waals surface area (Å²) in [6.45, 7) is 2.40. The summed E-state index contributed by atoms with van der Waals surface area (Å²) >= 11 is 2.68. The van der Waals surface area contributed by atoms with Crippen LogP contribution >= 0.6 is 22.6 Å². The van der Waals surface area contributed by atoms with Gasteiger partial charge in [-0.15, -0.1) is 0 Å². The lowest BCUT2D eigenvalue weighted by Crippen LogP contribution is -2.30. The molecule has 0 bridgehead atoms. The van der Waals surface area contributed by atoms with E-state index in [0.29, 0.717) is 3.42 Å². The molecule has 1 saturated carbocycles. The topological polar surface area (TPSA) is 0 Å². The zero-order chi connectivity index (χ0) is 10.0. The van der Waals surface area contributed by atoms with Gasteiger partial charge in [0, 0.05) is 3.42 Å². The van der Waals surface area contributed by atoms with Crippen LogP contribution in [0.25, 0.3) is 0 Å². The highest BCUT2D eigenvalue weighted by Gasteiger charge is 2.36. The summed E-state index contributed by atoms with van der Waals surface area (Å²) < 4.78 is 0.400. The molecular formula is C13H17I. The summed E-state index contributed by atoms with van der Waals surface area (Å²) in [6, 6.07) is 11.0. The molecular weight excluding hydrogens is 283 g/mol. The maximum Gasteiger partial charge on any atom is 0.0495 e. The largest absolute Gasteiger partial charge is 0.0734 e. The molecule has 0 spiro atoms. The van der Waals surface area contributed by atoms with Crippen LogP contribution in [0.3, 0.4) is 0 Å². The van der Waals surface area contributed by atoms with Gasteiger partial charge in [0.2, 0.25) is 0 Å². The second-order valence-corrected chi connectivity index (χ2v) is 6.30. The number of hydrogen-bond donors (Lipinski definition) is 0. The Kier molecular flexibility index (Phi) is 3.15. The lowest BCUT2D eigenvalue weighted by molar-refractivity contribution is 0.314. The van der Waals surface area contributed by atoms with E-state index in [1.165, 1.54) is 31.2 Å². The van der Waals surface area contributed by atoms with Gasteiger partial charge in [0.15, 0.2) is 0 Å². The molecule has 1 fully saturated rings. The molecule has 0 aliphatic heterocycles. The predicted octanol–water partition coefficient (Wildman–Crippen LogP) is 4.53. The van der Waals surface area contributed by atoms with Crippen molar-refractivity contribution in [3.8, 4) is 0 Å². The molecule has 2 rings (SSSR count). The van der Waals surface area contributed by atoms with Crippen molar-refractivity contribution in [1.29, 1.82) is 0 Å². The molecule has 1 heteroatoms. The van der Waals surface area contributed by atoms with Crippen LogP contribution in [-0.2, 0) is 3.42 Å². The van der Waals surface area contributed by atoms with E-state index in [9.17, 15) is 0 Å². The Morgan fingerprint density at radius 1 is 1.21 bits per heavy atom. The first kappa shape index (κ1) is 10.5. The highest BCUT2D eigenvalue weighted by atomic mass is 127. The number of halogens is 1. The Balaban J connectivity index is 2.30. The van der Waals surface area contributed by atoms with Crippen molar-refractivity contribution < 1.29 is 0 Å². The van der Waals surface area contributed by atoms with Crippen molar-refractivity contribution >= 4 is 22.6 Å². The van der Waals surface area contributed by atoms with Crippen molar-refractivity contribution in [2.75, 3.05) is 0 Å². The van der Waals surface area contributed by atoms with Gasteiger partial charge in [-0.2, -0.15) is 0 Å². The Morgan fingerprint density at radius 2 is 1.93 bits per heavy atom. The van der Waals surface area contributed by atoms with Crippen LogP contribution < -0.4 is 0 Å². The molecule has 1 aromatic rings. The van der Waals surface area contributed by atoms with Gasteiger partial charge >= 0.3 is 0 Å². The maximum absolute atomic E-state index is 2.68. The van der Waals surface area contributed by atoms with Crippen LogP contribution in [0.4, 0.5) is 0 Å². The van der Waals surface area contributed by atoms with Crippen molar-refractivity contribution in [1.82, 2.24) is 0 Å². The summed E-state index contributed by atoms with van der Waals surface area (Å²) in [7, 11) is 0. The van der Waals surface area contributed by atoms with E-state index in [1.807, 2.05) is 0 Å². The Bertz CT molecular complexity index is 293. The molecule has 0 amide bonds. The third-order valence-corrected chi connectivity index (χ3v) is 5.69. The fourth-order valence-electron chi connectivity index (χ4n) is 2.45. The SMILES string of the molecule is CC1CCCCC1(I)c1ccccc1. The molecule has 0 saturated heterocycles. The van der Waals surface area contributed by atoms with E-state index in [0.717, 1.165) is 5.92 Å². The molecule has 0 aromatic heterocycles. The van der Waals surface area contributed by atoms with Gasteiger partial charge in [0.1, 0.15) is 0 Å². The second kappa shape index (κ2) is 4.21. The number of benzene rings is 1. The van der Waals surface area contributed by atoms with Crippen LogP contribution in [0, 0.1) is 5.92 Å². The Labute approximate surface area is 100 Å². The minimum absolute atomic E-state index is 0.400. The zero-order valence-corrected chi connectivity index (χ0v) is 10.8. The monoisotopic (exact) mass is 300 g/mol. The van der Waals surface area contributed by atoms with Crippen LogP contribution in [0.15, 0.2) is 30.3 Å². The molecule has 1 aliphatic rings. The Morgan fingerprint density at radius 3 is 2.57 bits per heavy atom. The zero-order valence-electron chi connectivity index (χ0n) is 8.67. The first-order valence-corrected chi connectivity index (χ1v) is 6.56. The third kappa shape index (κ3) is 1.83. The number of alkyl halides is 1. The highest BCUT2D eigenvalue weighted by molar-refractivity contribution is 14.1. The second-order valence-electron chi connectivity index (χ2n) is 4.38. The molecule has 2 atom stereocenters. The molecule has 0 nitrogen and oxygen atoms in total. The number of hydrogen-bond acceptors (Lipinski definition) is 0. The summed E-state index contributed by atoms with van der Waals surface area (Å²) in [5.41, 5.74) is 1.52. The fraction of sp³-hybridized carbons (Fsp3) is 0.538. The smallest absolute Gasteiger partial charge is 0.0495 e. The van der Waals surface area contributed by atoms with Crippen LogP contribution in [0.5, 0.6) is 0 Å². The molecule has 0 radical (unpaired) electrons. The van der Waals surface area contributed by atoms with Gasteiger partial charge in [-0.05, 0) is 24.3 Å². The molecule has 1 aromatic carbocycles. The lowest BCUT2D eigenvalue weighted by atomic mass is 9.76. The van der Waals surface area contributed by atoms with Gasteiger partial charge in [0.25, 0.3) is 0 Å². The van der Waals surface area contributed by atoms with Gasteiger partial charge in [0.05, 0.1) is 0 Å². The highest BCUT2D eigenvalue weighted by Crippen LogP contribution is 2.48. The van der Waals surface area contributed by atoms with E-state index in [2.05, 4.69) is 59.8 Å². The molecule has 0 N–H and O–H groups in total. The van der Waals surface area contributed by atoms with E-state index >= 15 is 0 Å². The summed E-state index contributed by atoms with van der Waals surface area (Å²) in [5.74, 6) is 0.819. The molecule has 0 heterocycles. The standard InChI is InChI=1S/C13H17I/c1-11-7-5-6-10-13(11,14)12-8-3-2-4-9-12/h2-4,8-9,11H,5-7,10H2,1H3. The Hall–Kier alpha value is -0.0500. The minimum Gasteiger partial charge on any atom is -0.0734 e. The van der Waals surface area contributed by atoms with Gasteiger partial charge in [-0.1, -0.05) is 72.7 Å². The normalized spacial score (nSPS) is 32.9. The fourth-order valence-corrected chi connectivity index (χ4v) is 3.50. The molecule has 1 aliphatic carbocycles. The van der Waals surface area contributed by atoms with E-state index in [4.69, 9.17) is 0 Å². The quantitative estimate of drug-likeness (QED) is 0.528. The van der Waals surface area contributed by atoms with Gasteiger partial charge < -0.3 is 0 Å². The van der Waals surface area contributed by atoms with Crippen molar-refractivity contribution in [2.24, 2.45) is 5.92 Å². The summed E-state index contributed by atoms with van der Waals surface area (Å²) in [4.78, 5) is 0. The van der Waals surface area contributed by atoms with Gasteiger partial charge in [-0.25, -0.2) is 0 Å². The van der Waals surface area contributed by atoms with Crippen LogP contribution in [0.2, 0.25) is 0 Å². The lowest BCUT2D eigenvalue weighted by Gasteiger charge is -2.38. The van der Waals surface area contributed by atoms with Crippen molar-refractivity contribution in [3.63, 3.8) is 0 Å². The van der Waals surface area contributed by atoms with Crippen molar-refractivity contribution in [2.45, 2.75) is 36.0 Å². The molecule has 2 unspecified atom stereocenters. The minimum atomic E-state index is 0.400. The van der Waals surface area contributed by atoms with Crippen LogP contribution in [-0.4, -0.2) is 0 Å². The van der Waals surface area contributed by atoms with Crippen LogP contribution in [0.1, 0.15) is 38.2 Å². The first-order chi connectivity index (χ1) is 6.73. The number of rotatable bonds is 1. The average molecular weight is 300 g/mol.